The van der Waals surface area contributed by atoms with E-state index in [0.717, 1.165) is 22.2 Å². The maximum absolute atomic E-state index is 12.9. The number of amides is 3. The number of aromatic amines is 1. The number of nitrogens with zero attached hydrogens (tertiary/aromatic N) is 3. The topological polar surface area (TPSA) is 110 Å². The van der Waals surface area contributed by atoms with Gasteiger partial charge in [-0.1, -0.05) is 30.3 Å². The monoisotopic (exact) mass is 448 g/mol. The number of hydrogen-bond donors (Lipinski definition) is 3. The molecule has 0 fully saturated rings. The summed E-state index contributed by atoms with van der Waals surface area (Å²) in [5, 5.41) is 6.86. The summed E-state index contributed by atoms with van der Waals surface area (Å²) < 4.78 is 0. The summed E-state index contributed by atoms with van der Waals surface area (Å²) in [5.41, 5.74) is 3.15. The molecule has 3 N–H and O–H groups in total. The molecule has 0 saturated heterocycles. The summed E-state index contributed by atoms with van der Waals surface area (Å²) in [6, 6.07) is 13.6. The van der Waals surface area contributed by atoms with E-state index in [1.807, 2.05) is 42.5 Å². The zero-order chi connectivity index (χ0) is 23.6. The molecule has 3 rings (SSSR count). The largest absolute Gasteiger partial charge is 0.379 e. The van der Waals surface area contributed by atoms with Crippen molar-refractivity contribution in [3.63, 3.8) is 0 Å². The fraction of sp³-hybridized carbons (Fsp3) is 0.250. The van der Waals surface area contributed by atoms with Crippen molar-refractivity contribution in [3.05, 3.63) is 78.0 Å². The van der Waals surface area contributed by atoms with Gasteiger partial charge in [0, 0.05) is 55.8 Å². The molecule has 0 radical (unpaired) electrons. The van der Waals surface area contributed by atoms with Crippen molar-refractivity contribution in [3.8, 4) is 0 Å². The third-order valence-electron chi connectivity index (χ3n) is 4.98. The second-order valence-electron chi connectivity index (χ2n) is 7.67. The molecule has 0 bridgehead atoms. The van der Waals surface area contributed by atoms with Gasteiger partial charge in [-0.25, -0.2) is 0 Å². The van der Waals surface area contributed by atoms with Crippen LogP contribution in [0.15, 0.2) is 66.8 Å². The molecular formula is C24H28N6O3. The number of aromatic nitrogens is 2. The Hall–Kier alpha value is -4.14. The minimum Gasteiger partial charge on any atom is -0.379 e. The Kier molecular flexibility index (Phi) is 8.18. The van der Waals surface area contributed by atoms with Gasteiger partial charge >= 0.3 is 0 Å². The summed E-state index contributed by atoms with van der Waals surface area (Å²) in [7, 11) is 3.09. The maximum Gasteiger partial charge on any atom is 0.271 e. The van der Waals surface area contributed by atoms with Gasteiger partial charge in [-0.3, -0.25) is 19.4 Å². The van der Waals surface area contributed by atoms with Gasteiger partial charge in [0.25, 0.3) is 5.91 Å². The highest BCUT2D eigenvalue weighted by atomic mass is 16.2. The van der Waals surface area contributed by atoms with E-state index in [0.29, 0.717) is 25.9 Å². The van der Waals surface area contributed by atoms with Gasteiger partial charge in [-0.15, -0.1) is 0 Å². The molecule has 0 unspecified atom stereocenters. The van der Waals surface area contributed by atoms with E-state index in [2.05, 4.69) is 20.6 Å². The molecule has 0 saturated carbocycles. The number of pyridine rings is 1. The van der Waals surface area contributed by atoms with Crippen molar-refractivity contribution < 1.29 is 14.4 Å². The summed E-state index contributed by atoms with van der Waals surface area (Å²) >= 11 is 0. The Morgan fingerprint density at radius 2 is 1.91 bits per heavy atom. The Balaban J connectivity index is 1.54. The van der Waals surface area contributed by atoms with Gasteiger partial charge in [0.15, 0.2) is 0 Å². The van der Waals surface area contributed by atoms with E-state index in [-0.39, 0.29) is 24.1 Å². The minimum atomic E-state index is -0.386. The summed E-state index contributed by atoms with van der Waals surface area (Å²) in [6.45, 7) is 0.689. The number of hydrogen-bond acceptors (Lipinski definition) is 5. The highest BCUT2D eigenvalue weighted by molar-refractivity contribution is 5.95. The van der Waals surface area contributed by atoms with Crippen LogP contribution in [0.2, 0.25) is 0 Å². The van der Waals surface area contributed by atoms with Gasteiger partial charge < -0.3 is 25.4 Å². The van der Waals surface area contributed by atoms with E-state index in [1.165, 1.54) is 16.0 Å². The average molecular weight is 449 g/mol. The average Bonchev–Trinajstić information content (AvgIpc) is 3.25. The van der Waals surface area contributed by atoms with Gasteiger partial charge in [-0.05, 0) is 24.1 Å². The van der Waals surface area contributed by atoms with Crippen LogP contribution in [0.25, 0.3) is 10.9 Å². The molecule has 3 aromatic rings. The third-order valence-corrected chi connectivity index (χ3v) is 4.98. The van der Waals surface area contributed by atoms with Crippen LogP contribution in [0.1, 0.15) is 11.3 Å². The number of benzene rings is 1. The van der Waals surface area contributed by atoms with E-state index in [4.69, 9.17) is 0 Å². The summed E-state index contributed by atoms with van der Waals surface area (Å²) in [4.78, 5) is 46.2. The maximum atomic E-state index is 12.9. The SMILES string of the molecule is CN(C=O)/C=C(/NCCc1ccccc1)C(=O)N(C)CC(=O)NCc1cc2cnccc2[nH]1. The Labute approximate surface area is 192 Å². The first-order valence-corrected chi connectivity index (χ1v) is 10.6. The van der Waals surface area contributed by atoms with Crippen LogP contribution in [-0.4, -0.2) is 65.2 Å². The van der Waals surface area contributed by atoms with Crippen LogP contribution in [0.4, 0.5) is 0 Å². The number of rotatable bonds is 11. The molecule has 0 aliphatic heterocycles. The summed E-state index contributed by atoms with van der Waals surface area (Å²) in [6.07, 6.45) is 6.18. The molecule has 1 aromatic carbocycles. The Bertz CT molecular complexity index is 1090. The van der Waals surface area contributed by atoms with Crippen LogP contribution in [-0.2, 0) is 27.3 Å². The van der Waals surface area contributed by atoms with Gasteiger partial charge in [0.1, 0.15) is 5.70 Å². The molecular weight excluding hydrogens is 420 g/mol. The molecule has 0 aliphatic carbocycles. The first-order valence-electron chi connectivity index (χ1n) is 10.6. The molecule has 2 aromatic heterocycles. The smallest absolute Gasteiger partial charge is 0.271 e. The standard InChI is InChI=1S/C24H28N6O3/c1-29(17-31)15-22(26-11-8-18-6-4-3-5-7-18)24(33)30(2)16-23(32)27-14-20-12-19-13-25-10-9-21(19)28-20/h3-7,9-10,12-13,15,17,26,28H,8,11,14,16H2,1-2H3,(H,27,32)/b22-15+. The van der Waals surface area contributed by atoms with Crippen LogP contribution < -0.4 is 10.6 Å². The number of H-pyrrole nitrogens is 1. The second-order valence-corrected chi connectivity index (χ2v) is 7.67. The lowest BCUT2D eigenvalue weighted by Gasteiger charge is -2.20. The first-order chi connectivity index (χ1) is 16.0. The van der Waals surface area contributed by atoms with Crippen LogP contribution in [0.3, 0.4) is 0 Å². The normalized spacial score (nSPS) is 11.2. The molecule has 2 heterocycles. The van der Waals surface area contributed by atoms with Crippen molar-refractivity contribution >= 4 is 29.1 Å². The number of nitrogens with one attached hydrogen (secondary N) is 3. The lowest BCUT2D eigenvalue weighted by atomic mass is 10.1. The second kappa shape index (κ2) is 11.5. The van der Waals surface area contributed by atoms with Crippen LogP contribution in [0.5, 0.6) is 0 Å². The fourth-order valence-electron chi connectivity index (χ4n) is 3.27. The molecule has 172 valence electrons. The van der Waals surface area contributed by atoms with Crippen molar-refractivity contribution in [1.82, 2.24) is 30.4 Å². The Morgan fingerprint density at radius 3 is 2.64 bits per heavy atom. The van der Waals surface area contributed by atoms with Gasteiger partial charge in [0.05, 0.1) is 13.1 Å². The van der Waals surface area contributed by atoms with Gasteiger partial charge in [0.2, 0.25) is 12.3 Å². The zero-order valence-corrected chi connectivity index (χ0v) is 18.7. The molecule has 33 heavy (non-hydrogen) atoms. The number of fused-ring (bicyclic) bond motifs is 1. The third kappa shape index (κ3) is 6.93. The molecule has 0 atom stereocenters. The van der Waals surface area contributed by atoms with Crippen molar-refractivity contribution in [2.45, 2.75) is 13.0 Å². The molecule has 0 aliphatic rings. The molecule has 3 amide bonds. The van der Waals surface area contributed by atoms with Crippen LogP contribution >= 0.6 is 0 Å². The van der Waals surface area contributed by atoms with Crippen molar-refractivity contribution in [2.75, 3.05) is 27.2 Å². The minimum absolute atomic E-state index is 0.122. The highest BCUT2D eigenvalue weighted by Gasteiger charge is 2.18. The van der Waals surface area contributed by atoms with E-state index in [9.17, 15) is 14.4 Å². The first kappa shape index (κ1) is 23.5. The zero-order valence-electron chi connectivity index (χ0n) is 18.7. The quantitative estimate of drug-likeness (QED) is 0.303. The number of carbonyl (C=O) groups excluding carboxylic acids is 3. The number of likely N-dealkylation sites (N-methyl/N-ethyl adjacent to an activating group) is 1. The Morgan fingerprint density at radius 1 is 1.12 bits per heavy atom. The number of carbonyl (C=O) groups is 3. The lowest BCUT2D eigenvalue weighted by molar-refractivity contribution is -0.132. The van der Waals surface area contributed by atoms with E-state index < -0.39 is 0 Å². The van der Waals surface area contributed by atoms with E-state index in [1.54, 1.807) is 26.5 Å². The van der Waals surface area contributed by atoms with E-state index >= 15 is 0 Å². The lowest BCUT2D eigenvalue weighted by Crippen LogP contribution is -2.41. The van der Waals surface area contributed by atoms with Crippen molar-refractivity contribution in [2.24, 2.45) is 0 Å². The predicted molar refractivity (Wildman–Crippen MR) is 126 cm³/mol. The van der Waals surface area contributed by atoms with Crippen molar-refractivity contribution in [1.29, 1.82) is 0 Å². The predicted octanol–water partition coefficient (Wildman–Crippen LogP) is 1.40. The molecule has 9 heteroatoms. The van der Waals surface area contributed by atoms with Crippen LogP contribution in [0, 0.1) is 0 Å². The summed E-state index contributed by atoms with van der Waals surface area (Å²) in [5.74, 6) is -0.682. The fourth-order valence-corrected chi connectivity index (χ4v) is 3.27. The molecule has 0 spiro atoms. The van der Waals surface area contributed by atoms with Gasteiger partial charge in [-0.2, -0.15) is 0 Å². The molecule has 9 nitrogen and oxygen atoms in total. The highest BCUT2D eigenvalue weighted by Crippen LogP contribution is 2.13.